The molecule has 0 amide bonds. The monoisotopic (exact) mass is 311 g/mol. The number of piperidine rings is 1. The van der Waals surface area contributed by atoms with E-state index in [9.17, 15) is 0 Å². The Morgan fingerprint density at radius 1 is 1.28 bits per heavy atom. The lowest BCUT2D eigenvalue weighted by Gasteiger charge is -2.31. The SMILES string of the molecule is COC1CCN(CCCc2ccccc2Br)CC1. The molecule has 1 heterocycles. The standard InChI is InChI=1S/C15H22BrNO/c1-18-14-8-11-17(12-9-14)10-4-6-13-5-2-3-7-15(13)16/h2-3,5,7,14H,4,6,8-12H2,1H3. The van der Waals surface area contributed by atoms with Crippen molar-refractivity contribution in [3.63, 3.8) is 0 Å². The topological polar surface area (TPSA) is 12.5 Å². The number of halogens is 1. The molecule has 2 nitrogen and oxygen atoms in total. The summed E-state index contributed by atoms with van der Waals surface area (Å²) in [5.74, 6) is 0. The van der Waals surface area contributed by atoms with Gasteiger partial charge in [-0.2, -0.15) is 0 Å². The number of benzene rings is 1. The molecular weight excluding hydrogens is 290 g/mol. The van der Waals surface area contributed by atoms with Crippen LogP contribution in [0.5, 0.6) is 0 Å². The third-order valence-corrected chi connectivity index (χ3v) is 4.52. The molecule has 0 radical (unpaired) electrons. The van der Waals surface area contributed by atoms with Crippen molar-refractivity contribution < 1.29 is 4.74 Å². The normalized spacial score (nSPS) is 18.1. The van der Waals surface area contributed by atoms with E-state index in [1.54, 1.807) is 0 Å². The molecule has 2 rings (SSSR count). The largest absolute Gasteiger partial charge is 0.381 e. The van der Waals surface area contributed by atoms with E-state index in [0.717, 1.165) is 6.42 Å². The van der Waals surface area contributed by atoms with Gasteiger partial charge in [-0.1, -0.05) is 34.1 Å². The van der Waals surface area contributed by atoms with Crippen molar-refractivity contribution in [2.75, 3.05) is 26.7 Å². The number of nitrogens with zero attached hydrogens (tertiary/aromatic N) is 1. The van der Waals surface area contributed by atoms with Crippen LogP contribution >= 0.6 is 15.9 Å². The second kappa shape index (κ2) is 7.27. The first-order valence-corrected chi connectivity index (χ1v) is 7.57. The van der Waals surface area contributed by atoms with E-state index in [1.807, 2.05) is 7.11 Å². The lowest BCUT2D eigenvalue weighted by molar-refractivity contribution is 0.0409. The van der Waals surface area contributed by atoms with E-state index in [4.69, 9.17) is 4.74 Å². The van der Waals surface area contributed by atoms with Crippen LogP contribution < -0.4 is 0 Å². The van der Waals surface area contributed by atoms with E-state index in [1.165, 1.54) is 48.9 Å². The molecule has 1 fully saturated rings. The van der Waals surface area contributed by atoms with Crippen molar-refractivity contribution in [3.05, 3.63) is 34.3 Å². The van der Waals surface area contributed by atoms with Gasteiger partial charge in [0.25, 0.3) is 0 Å². The molecule has 0 bridgehead atoms. The number of hydrogen-bond donors (Lipinski definition) is 0. The molecule has 18 heavy (non-hydrogen) atoms. The number of aryl methyl sites for hydroxylation is 1. The minimum atomic E-state index is 0.490. The lowest BCUT2D eigenvalue weighted by atomic mass is 10.1. The van der Waals surface area contributed by atoms with E-state index in [2.05, 4.69) is 45.1 Å². The van der Waals surface area contributed by atoms with Crippen LogP contribution in [0.3, 0.4) is 0 Å². The van der Waals surface area contributed by atoms with Crippen molar-refractivity contribution in [1.29, 1.82) is 0 Å². The predicted molar refractivity (Wildman–Crippen MR) is 78.9 cm³/mol. The Morgan fingerprint density at radius 2 is 2.00 bits per heavy atom. The Kier molecular flexibility index (Phi) is 5.67. The number of hydrogen-bond acceptors (Lipinski definition) is 2. The van der Waals surface area contributed by atoms with E-state index in [-0.39, 0.29) is 0 Å². The van der Waals surface area contributed by atoms with Gasteiger partial charge >= 0.3 is 0 Å². The highest BCUT2D eigenvalue weighted by Gasteiger charge is 2.17. The van der Waals surface area contributed by atoms with Crippen LogP contribution in [0.2, 0.25) is 0 Å². The number of likely N-dealkylation sites (tertiary alicyclic amines) is 1. The van der Waals surface area contributed by atoms with Crippen LogP contribution in [0.25, 0.3) is 0 Å². The van der Waals surface area contributed by atoms with Gasteiger partial charge in [0.15, 0.2) is 0 Å². The fourth-order valence-electron chi connectivity index (χ4n) is 2.56. The van der Waals surface area contributed by atoms with Crippen LogP contribution in [0, 0.1) is 0 Å². The molecule has 1 saturated heterocycles. The summed E-state index contributed by atoms with van der Waals surface area (Å²) in [6.07, 6.45) is 5.26. The number of methoxy groups -OCH3 is 1. The molecule has 1 aliphatic rings. The minimum Gasteiger partial charge on any atom is -0.381 e. The van der Waals surface area contributed by atoms with Crippen molar-refractivity contribution >= 4 is 15.9 Å². The molecule has 1 aliphatic heterocycles. The van der Waals surface area contributed by atoms with Crippen molar-refractivity contribution in [2.24, 2.45) is 0 Å². The quantitative estimate of drug-likeness (QED) is 0.825. The summed E-state index contributed by atoms with van der Waals surface area (Å²) in [6, 6.07) is 8.52. The Bertz CT molecular complexity index is 361. The zero-order valence-electron chi connectivity index (χ0n) is 11.1. The van der Waals surface area contributed by atoms with Gasteiger partial charge in [-0.05, 0) is 43.9 Å². The summed E-state index contributed by atoms with van der Waals surface area (Å²) in [6.45, 7) is 3.58. The Labute approximate surface area is 118 Å². The highest BCUT2D eigenvalue weighted by molar-refractivity contribution is 9.10. The molecular formula is C15H22BrNO. The van der Waals surface area contributed by atoms with Crippen molar-refractivity contribution in [1.82, 2.24) is 4.90 Å². The molecule has 1 aromatic carbocycles. The lowest BCUT2D eigenvalue weighted by Crippen LogP contribution is -2.37. The van der Waals surface area contributed by atoms with Gasteiger partial charge in [0.05, 0.1) is 6.10 Å². The van der Waals surface area contributed by atoms with Crippen molar-refractivity contribution in [3.8, 4) is 0 Å². The average Bonchev–Trinajstić information content (AvgIpc) is 2.42. The summed E-state index contributed by atoms with van der Waals surface area (Å²) >= 11 is 3.61. The van der Waals surface area contributed by atoms with E-state index >= 15 is 0 Å². The Hall–Kier alpha value is -0.380. The summed E-state index contributed by atoms with van der Waals surface area (Å²) in [7, 11) is 1.83. The maximum Gasteiger partial charge on any atom is 0.0595 e. The van der Waals surface area contributed by atoms with Gasteiger partial charge in [0.1, 0.15) is 0 Å². The third kappa shape index (κ3) is 4.08. The van der Waals surface area contributed by atoms with Crippen LogP contribution in [0.15, 0.2) is 28.7 Å². The summed E-state index contributed by atoms with van der Waals surface area (Å²) in [5, 5.41) is 0. The maximum absolute atomic E-state index is 5.40. The molecule has 0 atom stereocenters. The van der Waals surface area contributed by atoms with Crippen molar-refractivity contribution in [2.45, 2.75) is 31.8 Å². The van der Waals surface area contributed by atoms with Crippen LogP contribution in [0.1, 0.15) is 24.8 Å². The van der Waals surface area contributed by atoms with Gasteiger partial charge < -0.3 is 9.64 Å². The Morgan fingerprint density at radius 3 is 2.67 bits per heavy atom. The van der Waals surface area contributed by atoms with E-state index < -0.39 is 0 Å². The first kappa shape index (κ1) is 14.0. The fraction of sp³-hybridized carbons (Fsp3) is 0.600. The second-order valence-electron chi connectivity index (χ2n) is 4.97. The van der Waals surface area contributed by atoms with Gasteiger partial charge in [0, 0.05) is 24.7 Å². The molecule has 0 N–H and O–H groups in total. The average molecular weight is 312 g/mol. The number of ether oxygens (including phenoxy) is 1. The highest BCUT2D eigenvalue weighted by Crippen LogP contribution is 2.18. The first-order chi connectivity index (χ1) is 8.79. The highest BCUT2D eigenvalue weighted by atomic mass is 79.9. The molecule has 100 valence electrons. The Balaban J connectivity index is 1.69. The zero-order valence-corrected chi connectivity index (χ0v) is 12.7. The predicted octanol–water partition coefficient (Wildman–Crippen LogP) is 3.49. The minimum absolute atomic E-state index is 0.490. The van der Waals surface area contributed by atoms with E-state index in [0.29, 0.717) is 6.10 Å². The first-order valence-electron chi connectivity index (χ1n) is 6.78. The van der Waals surface area contributed by atoms with Crippen LogP contribution in [-0.4, -0.2) is 37.7 Å². The molecule has 0 unspecified atom stereocenters. The summed E-state index contributed by atoms with van der Waals surface area (Å²) < 4.78 is 6.64. The zero-order chi connectivity index (χ0) is 12.8. The van der Waals surface area contributed by atoms with Gasteiger partial charge in [0.2, 0.25) is 0 Å². The third-order valence-electron chi connectivity index (χ3n) is 3.75. The van der Waals surface area contributed by atoms with Crippen LogP contribution in [-0.2, 0) is 11.2 Å². The smallest absolute Gasteiger partial charge is 0.0595 e. The number of rotatable bonds is 5. The molecule has 1 aromatic rings. The maximum atomic E-state index is 5.40. The fourth-order valence-corrected chi connectivity index (χ4v) is 3.05. The molecule has 3 heteroatoms. The summed E-state index contributed by atoms with van der Waals surface area (Å²) in [4.78, 5) is 2.56. The molecule has 0 aliphatic carbocycles. The molecule has 0 saturated carbocycles. The van der Waals surface area contributed by atoms with Gasteiger partial charge in [-0.25, -0.2) is 0 Å². The summed E-state index contributed by atoms with van der Waals surface area (Å²) in [5.41, 5.74) is 1.42. The second-order valence-corrected chi connectivity index (χ2v) is 5.83. The van der Waals surface area contributed by atoms with Gasteiger partial charge in [-0.3, -0.25) is 0 Å². The molecule has 0 aromatic heterocycles. The van der Waals surface area contributed by atoms with Gasteiger partial charge in [-0.15, -0.1) is 0 Å². The van der Waals surface area contributed by atoms with Crippen LogP contribution in [0.4, 0.5) is 0 Å². The molecule has 0 spiro atoms.